The predicted molar refractivity (Wildman–Crippen MR) is 129 cm³/mol. The number of rotatable bonds is 7. The molecule has 4 rings (SSSR count). The van der Waals surface area contributed by atoms with Crippen LogP contribution in [0.2, 0.25) is 0 Å². The molecule has 1 aromatic carbocycles. The fraction of sp³-hybridized carbons (Fsp3) is 0.292. The molecular formula is C24H24N2O5S2. The highest BCUT2D eigenvalue weighted by Gasteiger charge is 2.33. The maximum atomic E-state index is 13.5. The number of nitrogens with zero attached hydrogens (tertiary/aromatic N) is 2. The Balaban J connectivity index is 1.87. The van der Waals surface area contributed by atoms with Gasteiger partial charge in [-0.2, -0.15) is 0 Å². The van der Waals surface area contributed by atoms with Crippen LogP contribution in [0.3, 0.4) is 0 Å². The number of methoxy groups -OCH3 is 1. The number of aromatic nitrogens is 1. The van der Waals surface area contributed by atoms with Crippen LogP contribution in [0.1, 0.15) is 37.3 Å². The second-order valence-corrected chi connectivity index (χ2v) is 9.15. The van der Waals surface area contributed by atoms with Crippen molar-refractivity contribution in [3.8, 4) is 11.5 Å². The molecule has 3 heterocycles. The Morgan fingerprint density at radius 3 is 2.70 bits per heavy atom. The molecule has 1 atom stereocenters. The van der Waals surface area contributed by atoms with Gasteiger partial charge < -0.3 is 14.2 Å². The first-order valence-electron chi connectivity index (χ1n) is 10.5. The summed E-state index contributed by atoms with van der Waals surface area (Å²) in [7, 11) is 1.58. The van der Waals surface area contributed by atoms with Gasteiger partial charge >= 0.3 is 5.97 Å². The molecule has 0 saturated carbocycles. The van der Waals surface area contributed by atoms with Crippen LogP contribution < -0.4 is 24.4 Å². The lowest BCUT2D eigenvalue weighted by molar-refractivity contribution is -0.139. The standard InChI is InChI=1S/C24H24N2O5S2/c1-5-30-16-10-9-15(12-17(16)29-4)13-19-22(27)26-21(18-8-7-11-32-18)20(23(28)31-6-2)14(3)25-24(26)33-19/h7-13,21H,5-6H2,1-4H3/b19-13+/t21-/m0/s1. The monoisotopic (exact) mass is 484 g/mol. The van der Waals surface area contributed by atoms with E-state index in [1.807, 2.05) is 42.6 Å². The van der Waals surface area contributed by atoms with Gasteiger partial charge in [-0.05, 0) is 56.0 Å². The van der Waals surface area contributed by atoms with Crippen LogP contribution >= 0.6 is 22.7 Å². The molecule has 0 N–H and O–H groups in total. The van der Waals surface area contributed by atoms with Crippen molar-refractivity contribution < 1.29 is 19.0 Å². The molecule has 3 aromatic rings. The van der Waals surface area contributed by atoms with Gasteiger partial charge in [0, 0.05) is 4.88 Å². The van der Waals surface area contributed by atoms with E-state index in [0.717, 1.165) is 10.4 Å². The SMILES string of the molecule is CCOC(=O)C1=C(C)N=c2s/c(=C/c3ccc(OCC)c(OC)c3)c(=O)n2[C@H]1c1cccs1. The zero-order valence-corrected chi connectivity index (χ0v) is 20.4. The molecule has 0 fully saturated rings. The molecule has 0 bridgehead atoms. The van der Waals surface area contributed by atoms with Crippen molar-refractivity contribution in [3.05, 3.63) is 77.1 Å². The minimum atomic E-state index is -0.572. The van der Waals surface area contributed by atoms with Gasteiger partial charge in [-0.25, -0.2) is 9.79 Å². The van der Waals surface area contributed by atoms with Crippen molar-refractivity contribution in [2.24, 2.45) is 4.99 Å². The van der Waals surface area contributed by atoms with E-state index in [1.165, 1.54) is 22.7 Å². The fourth-order valence-corrected chi connectivity index (χ4v) is 5.58. The predicted octanol–water partition coefficient (Wildman–Crippen LogP) is 3.27. The first-order valence-corrected chi connectivity index (χ1v) is 12.2. The summed E-state index contributed by atoms with van der Waals surface area (Å²) in [6.07, 6.45) is 1.80. The van der Waals surface area contributed by atoms with E-state index in [2.05, 4.69) is 4.99 Å². The minimum Gasteiger partial charge on any atom is -0.493 e. The van der Waals surface area contributed by atoms with Gasteiger partial charge in [-0.1, -0.05) is 23.5 Å². The fourth-order valence-electron chi connectivity index (χ4n) is 3.71. The highest BCUT2D eigenvalue weighted by molar-refractivity contribution is 7.10. The van der Waals surface area contributed by atoms with Gasteiger partial charge in [-0.3, -0.25) is 9.36 Å². The van der Waals surface area contributed by atoms with Gasteiger partial charge in [-0.15, -0.1) is 11.3 Å². The summed E-state index contributed by atoms with van der Waals surface area (Å²) in [6, 6.07) is 8.77. The Morgan fingerprint density at radius 1 is 1.21 bits per heavy atom. The van der Waals surface area contributed by atoms with E-state index in [0.29, 0.717) is 38.7 Å². The third-order valence-corrected chi connectivity index (χ3v) is 7.02. The lowest BCUT2D eigenvalue weighted by Gasteiger charge is -2.23. The van der Waals surface area contributed by atoms with Crippen LogP contribution in [0.15, 0.2) is 56.8 Å². The van der Waals surface area contributed by atoms with Crippen LogP contribution in [0.5, 0.6) is 11.5 Å². The number of benzene rings is 1. The molecule has 1 aliphatic heterocycles. The lowest BCUT2D eigenvalue weighted by Crippen LogP contribution is -2.39. The van der Waals surface area contributed by atoms with Crippen LogP contribution in [-0.4, -0.2) is 30.9 Å². The van der Waals surface area contributed by atoms with Gasteiger partial charge in [0.25, 0.3) is 5.56 Å². The Hall–Kier alpha value is -3.17. The van der Waals surface area contributed by atoms with Crippen molar-refractivity contribution in [1.82, 2.24) is 4.57 Å². The van der Waals surface area contributed by atoms with Gasteiger partial charge in [0.1, 0.15) is 6.04 Å². The van der Waals surface area contributed by atoms with Gasteiger partial charge in [0.2, 0.25) is 0 Å². The topological polar surface area (TPSA) is 79.1 Å². The zero-order chi connectivity index (χ0) is 23.5. The summed E-state index contributed by atoms with van der Waals surface area (Å²) in [5, 5.41) is 1.93. The molecule has 0 unspecified atom stereocenters. The highest BCUT2D eigenvalue weighted by atomic mass is 32.1. The molecular weight excluding hydrogens is 460 g/mol. The molecule has 0 saturated heterocycles. The lowest BCUT2D eigenvalue weighted by atomic mass is 10.0. The van der Waals surface area contributed by atoms with E-state index in [-0.39, 0.29) is 12.2 Å². The minimum absolute atomic E-state index is 0.209. The average Bonchev–Trinajstić information content (AvgIpc) is 3.43. The molecule has 0 spiro atoms. The van der Waals surface area contributed by atoms with Crippen LogP contribution in [0.4, 0.5) is 0 Å². The quantitative estimate of drug-likeness (QED) is 0.481. The molecule has 7 nitrogen and oxygen atoms in total. The summed E-state index contributed by atoms with van der Waals surface area (Å²) < 4.78 is 18.4. The number of fused-ring (bicyclic) bond motifs is 1. The highest BCUT2D eigenvalue weighted by Crippen LogP contribution is 2.33. The molecule has 1 aliphatic rings. The Bertz CT molecular complexity index is 1380. The largest absolute Gasteiger partial charge is 0.493 e. The van der Waals surface area contributed by atoms with Crippen molar-refractivity contribution in [2.75, 3.05) is 20.3 Å². The number of ether oxygens (including phenoxy) is 3. The van der Waals surface area contributed by atoms with E-state index >= 15 is 0 Å². The van der Waals surface area contributed by atoms with Crippen molar-refractivity contribution >= 4 is 34.7 Å². The summed E-state index contributed by atoms with van der Waals surface area (Å²) in [5.74, 6) is 0.781. The summed E-state index contributed by atoms with van der Waals surface area (Å²) in [6.45, 7) is 6.22. The summed E-state index contributed by atoms with van der Waals surface area (Å²) >= 11 is 2.78. The number of hydrogen-bond acceptors (Lipinski definition) is 8. The van der Waals surface area contributed by atoms with Crippen LogP contribution in [-0.2, 0) is 9.53 Å². The molecule has 0 radical (unpaired) electrons. The van der Waals surface area contributed by atoms with Gasteiger partial charge in [0.15, 0.2) is 16.3 Å². The maximum Gasteiger partial charge on any atom is 0.338 e. The maximum absolute atomic E-state index is 13.5. The Morgan fingerprint density at radius 2 is 2.03 bits per heavy atom. The summed E-state index contributed by atoms with van der Waals surface area (Å²) in [5.41, 5.74) is 1.54. The Labute approximate surface area is 198 Å². The first kappa shape index (κ1) is 23.0. The normalized spacial score (nSPS) is 15.8. The van der Waals surface area contributed by atoms with E-state index in [4.69, 9.17) is 14.2 Å². The first-order chi connectivity index (χ1) is 16.0. The Kier molecular flexibility index (Phi) is 6.80. The number of carbonyl (C=O) groups excluding carboxylic acids is 1. The number of carbonyl (C=O) groups is 1. The molecule has 172 valence electrons. The molecule has 0 aliphatic carbocycles. The average molecular weight is 485 g/mol. The van der Waals surface area contributed by atoms with Gasteiger partial charge in [0.05, 0.1) is 36.1 Å². The third kappa shape index (κ3) is 4.38. The number of esters is 1. The van der Waals surface area contributed by atoms with E-state index in [9.17, 15) is 9.59 Å². The number of thiophene rings is 1. The second kappa shape index (κ2) is 9.76. The number of allylic oxidation sites excluding steroid dienone is 1. The molecule has 33 heavy (non-hydrogen) atoms. The molecule has 0 amide bonds. The summed E-state index contributed by atoms with van der Waals surface area (Å²) in [4.78, 5) is 32.4. The smallest absolute Gasteiger partial charge is 0.338 e. The second-order valence-electron chi connectivity index (χ2n) is 7.16. The molecule has 9 heteroatoms. The zero-order valence-electron chi connectivity index (χ0n) is 18.8. The van der Waals surface area contributed by atoms with Crippen molar-refractivity contribution in [2.45, 2.75) is 26.8 Å². The van der Waals surface area contributed by atoms with E-state index < -0.39 is 12.0 Å². The van der Waals surface area contributed by atoms with Crippen LogP contribution in [0, 0.1) is 0 Å². The number of thiazole rings is 1. The number of hydrogen-bond donors (Lipinski definition) is 0. The molecule has 2 aromatic heterocycles. The third-order valence-electron chi connectivity index (χ3n) is 5.11. The van der Waals surface area contributed by atoms with Crippen molar-refractivity contribution in [3.63, 3.8) is 0 Å². The van der Waals surface area contributed by atoms with Crippen molar-refractivity contribution in [1.29, 1.82) is 0 Å². The van der Waals surface area contributed by atoms with Crippen LogP contribution in [0.25, 0.3) is 6.08 Å². The van der Waals surface area contributed by atoms with E-state index in [1.54, 1.807) is 31.6 Å².